The summed E-state index contributed by atoms with van der Waals surface area (Å²) in [5.74, 6) is 0.910. The molecule has 0 radical (unpaired) electrons. The third kappa shape index (κ3) is 5.95. The Hall–Kier alpha value is -3.13. The molecule has 0 spiro atoms. The van der Waals surface area contributed by atoms with Gasteiger partial charge in [0.25, 0.3) is 5.91 Å². The van der Waals surface area contributed by atoms with Crippen molar-refractivity contribution in [2.75, 3.05) is 50.6 Å². The van der Waals surface area contributed by atoms with Crippen LogP contribution in [0.2, 0.25) is 0 Å². The number of piperazine rings is 1. The number of carbonyl (C=O) groups is 2. The highest BCUT2D eigenvalue weighted by Crippen LogP contribution is 2.17. The maximum Gasteiger partial charge on any atom is 0.251 e. The van der Waals surface area contributed by atoms with Crippen molar-refractivity contribution < 1.29 is 14.3 Å². The van der Waals surface area contributed by atoms with Crippen molar-refractivity contribution in [2.45, 2.75) is 19.9 Å². The van der Waals surface area contributed by atoms with Crippen LogP contribution in [0.1, 0.15) is 24.2 Å². The number of nitrogens with one attached hydrogen (secondary N) is 2. The van der Waals surface area contributed by atoms with E-state index in [4.69, 9.17) is 4.74 Å². The van der Waals surface area contributed by atoms with Crippen molar-refractivity contribution >= 4 is 23.3 Å². The molecule has 166 valence electrons. The number of amides is 2. The number of anilines is 2. The Bertz CT molecular complexity index is 875. The number of carbonyl (C=O) groups excluding carboxylic acids is 2. The molecule has 1 aromatic carbocycles. The number of pyridine rings is 1. The first-order valence-electron chi connectivity index (χ1n) is 10.5. The lowest BCUT2D eigenvalue weighted by Crippen LogP contribution is -2.47. The van der Waals surface area contributed by atoms with Gasteiger partial charge in [0, 0.05) is 31.7 Å². The molecule has 1 saturated heterocycles. The lowest BCUT2D eigenvalue weighted by atomic mass is 10.0. The van der Waals surface area contributed by atoms with Gasteiger partial charge in [-0.25, -0.2) is 4.98 Å². The maximum absolute atomic E-state index is 12.9. The molecule has 1 aliphatic heterocycles. The lowest BCUT2D eigenvalue weighted by Gasteiger charge is -2.33. The average molecular weight is 426 g/mol. The van der Waals surface area contributed by atoms with Gasteiger partial charge in [-0.05, 0) is 49.4 Å². The van der Waals surface area contributed by atoms with Crippen LogP contribution in [0.3, 0.4) is 0 Å². The first-order valence-corrected chi connectivity index (χ1v) is 10.5. The van der Waals surface area contributed by atoms with E-state index in [2.05, 4.69) is 32.5 Å². The van der Waals surface area contributed by atoms with E-state index in [0.29, 0.717) is 17.0 Å². The first kappa shape index (κ1) is 22.6. The standard InChI is InChI=1S/C23H31N5O3/c1-16(2)21(26-22(29)17-5-8-19(31-4)9-6-17)23(30)25-18-7-10-20(24-15-18)28-13-11-27(3)12-14-28/h5-10,15-16,21H,11-14H2,1-4H3,(H,25,30)(H,26,29)/t21-/m1/s1. The number of hydrogen-bond acceptors (Lipinski definition) is 6. The summed E-state index contributed by atoms with van der Waals surface area (Å²) in [5, 5.41) is 5.71. The van der Waals surface area contributed by atoms with Crippen LogP contribution < -0.4 is 20.3 Å². The van der Waals surface area contributed by atoms with Crippen LogP contribution in [0.25, 0.3) is 0 Å². The fourth-order valence-electron chi connectivity index (χ4n) is 3.40. The number of methoxy groups -OCH3 is 1. The van der Waals surface area contributed by atoms with Gasteiger partial charge in [0.05, 0.1) is 19.0 Å². The number of ether oxygens (including phenoxy) is 1. The fraction of sp³-hybridized carbons (Fsp3) is 0.435. The summed E-state index contributed by atoms with van der Waals surface area (Å²) in [6.07, 6.45) is 1.66. The Labute approximate surface area is 183 Å². The number of rotatable bonds is 7. The van der Waals surface area contributed by atoms with Gasteiger partial charge in [-0.2, -0.15) is 0 Å². The van der Waals surface area contributed by atoms with E-state index in [-0.39, 0.29) is 17.7 Å². The van der Waals surface area contributed by atoms with Crippen LogP contribution in [0.5, 0.6) is 5.75 Å². The van der Waals surface area contributed by atoms with Crippen LogP contribution in [0.4, 0.5) is 11.5 Å². The van der Waals surface area contributed by atoms with Crippen molar-refractivity contribution in [1.29, 1.82) is 0 Å². The molecule has 0 bridgehead atoms. The van der Waals surface area contributed by atoms with Crippen LogP contribution >= 0.6 is 0 Å². The summed E-state index contributed by atoms with van der Waals surface area (Å²) in [6.45, 7) is 7.67. The quantitative estimate of drug-likeness (QED) is 0.708. The Kier molecular flexibility index (Phi) is 7.46. The summed E-state index contributed by atoms with van der Waals surface area (Å²) in [6, 6.07) is 9.86. The number of likely N-dealkylation sites (N-methyl/N-ethyl adjacent to an activating group) is 1. The Balaban J connectivity index is 1.61. The number of aromatic nitrogens is 1. The molecule has 31 heavy (non-hydrogen) atoms. The Morgan fingerprint density at radius 1 is 1.03 bits per heavy atom. The molecule has 1 aliphatic rings. The Morgan fingerprint density at radius 3 is 2.26 bits per heavy atom. The van der Waals surface area contributed by atoms with Gasteiger partial charge in [0.15, 0.2) is 0 Å². The van der Waals surface area contributed by atoms with Crippen molar-refractivity contribution in [3.05, 3.63) is 48.2 Å². The molecule has 2 N–H and O–H groups in total. The van der Waals surface area contributed by atoms with Gasteiger partial charge >= 0.3 is 0 Å². The molecular weight excluding hydrogens is 394 g/mol. The topological polar surface area (TPSA) is 86.8 Å². The second-order valence-electron chi connectivity index (χ2n) is 8.11. The molecule has 0 unspecified atom stereocenters. The largest absolute Gasteiger partial charge is 0.497 e. The Morgan fingerprint density at radius 2 is 1.71 bits per heavy atom. The van der Waals surface area contributed by atoms with E-state index in [9.17, 15) is 9.59 Å². The molecule has 1 atom stereocenters. The predicted molar refractivity (Wildman–Crippen MR) is 122 cm³/mol. The van der Waals surface area contributed by atoms with Crippen LogP contribution in [-0.4, -0.2) is 68.1 Å². The van der Waals surface area contributed by atoms with E-state index in [1.807, 2.05) is 26.0 Å². The molecule has 0 aliphatic carbocycles. The zero-order valence-corrected chi connectivity index (χ0v) is 18.6. The van der Waals surface area contributed by atoms with Crippen LogP contribution in [0, 0.1) is 5.92 Å². The minimum absolute atomic E-state index is 0.0835. The summed E-state index contributed by atoms with van der Waals surface area (Å²) < 4.78 is 5.12. The molecule has 3 rings (SSSR count). The van der Waals surface area contributed by atoms with Crippen LogP contribution in [-0.2, 0) is 4.79 Å². The molecular formula is C23H31N5O3. The highest BCUT2D eigenvalue weighted by molar-refractivity contribution is 6.01. The van der Waals surface area contributed by atoms with Gasteiger partial charge < -0.3 is 25.2 Å². The zero-order chi connectivity index (χ0) is 22.4. The first-order chi connectivity index (χ1) is 14.9. The van der Waals surface area contributed by atoms with Gasteiger partial charge in [-0.3, -0.25) is 9.59 Å². The molecule has 1 fully saturated rings. The van der Waals surface area contributed by atoms with Crippen LogP contribution in [0.15, 0.2) is 42.6 Å². The molecule has 8 nitrogen and oxygen atoms in total. The van der Waals surface area contributed by atoms with E-state index in [0.717, 1.165) is 32.0 Å². The van der Waals surface area contributed by atoms with Gasteiger partial charge in [0.2, 0.25) is 5.91 Å². The summed E-state index contributed by atoms with van der Waals surface area (Å²) in [4.78, 5) is 34.5. The zero-order valence-electron chi connectivity index (χ0n) is 18.6. The third-order valence-electron chi connectivity index (χ3n) is 5.43. The number of hydrogen-bond donors (Lipinski definition) is 2. The van der Waals surface area contributed by atoms with Crippen molar-refractivity contribution in [1.82, 2.24) is 15.2 Å². The van der Waals surface area contributed by atoms with E-state index >= 15 is 0 Å². The normalized spacial score (nSPS) is 15.5. The number of nitrogens with zero attached hydrogens (tertiary/aromatic N) is 3. The smallest absolute Gasteiger partial charge is 0.251 e. The fourth-order valence-corrected chi connectivity index (χ4v) is 3.40. The van der Waals surface area contributed by atoms with Gasteiger partial charge in [-0.15, -0.1) is 0 Å². The predicted octanol–water partition coefficient (Wildman–Crippen LogP) is 2.24. The van der Waals surface area contributed by atoms with Gasteiger partial charge in [0.1, 0.15) is 17.6 Å². The minimum Gasteiger partial charge on any atom is -0.497 e. The highest BCUT2D eigenvalue weighted by Gasteiger charge is 2.25. The monoisotopic (exact) mass is 425 g/mol. The summed E-state index contributed by atoms with van der Waals surface area (Å²) in [5.41, 5.74) is 1.07. The SMILES string of the molecule is COc1ccc(C(=O)N[C@@H](C(=O)Nc2ccc(N3CCN(C)CC3)nc2)C(C)C)cc1. The van der Waals surface area contributed by atoms with Crippen molar-refractivity contribution in [3.63, 3.8) is 0 Å². The molecule has 8 heteroatoms. The summed E-state index contributed by atoms with van der Waals surface area (Å²) in [7, 11) is 3.68. The molecule has 2 amide bonds. The molecule has 1 aromatic heterocycles. The maximum atomic E-state index is 12.9. The van der Waals surface area contributed by atoms with Gasteiger partial charge in [-0.1, -0.05) is 13.8 Å². The van der Waals surface area contributed by atoms with Crippen molar-refractivity contribution in [2.24, 2.45) is 5.92 Å². The van der Waals surface area contributed by atoms with Crippen molar-refractivity contribution in [3.8, 4) is 5.75 Å². The third-order valence-corrected chi connectivity index (χ3v) is 5.43. The molecule has 2 heterocycles. The molecule has 0 saturated carbocycles. The summed E-state index contributed by atoms with van der Waals surface area (Å²) >= 11 is 0. The van der Waals surface area contributed by atoms with E-state index < -0.39 is 6.04 Å². The second kappa shape index (κ2) is 10.3. The minimum atomic E-state index is -0.674. The average Bonchev–Trinajstić information content (AvgIpc) is 2.78. The second-order valence-corrected chi connectivity index (χ2v) is 8.11. The van der Waals surface area contributed by atoms with E-state index in [1.54, 1.807) is 37.6 Å². The lowest BCUT2D eigenvalue weighted by molar-refractivity contribution is -0.118. The highest BCUT2D eigenvalue weighted by atomic mass is 16.5. The van der Waals surface area contributed by atoms with E-state index in [1.165, 1.54) is 0 Å². The number of benzene rings is 1. The molecule has 2 aromatic rings.